The number of hydrogen-bond donors (Lipinski definition) is 1. The van der Waals surface area contributed by atoms with Crippen molar-refractivity contribution < 1.29 is 14.3 Å². The number of ketones is 1. The summed E-state index contributed by atoms with van der Waals surface area (Å²) in [6, 6.07) is 5.79. The molecule has 1 N–H and O–H groups in total. The summed E-state index contributed by atoms with van der Waals surface area (Å²) < 4.78 is 10.4. The fraction of sp³-hybridized carbons (Fsp3) is 0.562. The number of carbonyl (C=O) groups is 1. The van der Waals surface area contributed by atoms with Crippen molar-refractivity contribution in [2.45, 2.75) is 38.1 Å². The van der Waals surface area contributed by atoms with E-state index in [9.17, 15) is 4.79 Å². The molecule has 110 valence electrons. The lowest BCUT2D eigenvalue weighted by molar-refractivity contribution is 0.0984. The molecule has 0 spiro atoms. The van der Waals surface area contributed by atoms with E-state index < -0.39 is 0 Å². The van der Waals surface area contributed by atoms with Crippen molar-refractivity contribution in [3.63, 3.8) is 0 Å². The first-order valence-electron chi connectivity index (χ1n) is 7.23. The molecule has 0 saturated heterocycles. The quantitative estimate of drug-likeness (QED) is 0.812. The largest absolute Gasteiger partial charge is 0.493 e. The molecule has 0 atom stereocenters. The number of rotatable bonds is 6. The van der Waals surface area contributed by atoms with Gasteiger partial charge in [-0.1, -0.05) is 19.3 Å². The van der Waals surface area contributed by atoms with Gasteiger partial charge in [-0.2, -0.15) is 0 Å². The summed E-state index contributed by atoms with van der Waals surface area (Å²) in [5.74, 6) is 1.33. The Morgan fingerprint density at radius 2 is 1.85 bits per heavy atom. The molecule has 4 heteroatoms. The monoisotopic (exact) mass is 277 g/mol. The van der Waals surface area contributed by atoms with Gasteiger partial charge in [-0.15, -0.1) is 0 Å². The van der Waals surface area contributed by atoms with Crippen molar-refractivity contribution in [3.05, 3.63) is 23.8 Å². The third kappa shape index (κ3) is 3.73. The van der Waals surface area contributed by atoms with Crippen LogP contribution in [0.25, 0.3) is 0 Å². The average Bonchev–Trinajstić information content (AvgIpc) is 2.52. The topological polar surface area (TPSA) is 47.6 Å². The van der Waals surface area contributed by atoms with Gasteiger partial charge in [-0.05, 0) is 31.0 Å². The van der Waals surface area contributed by atoms with Crippen LogP contribution in [0.1, 0.15) is 42.5 Å². The number of hydrogen-bond acceptors (Lipinski definition) is 4. The van der Waals surface area contributed by atoms with Gasteiger partial charge in [0, 0.05) is 11.6 Å². The summed E-state index contributed by atoms with van der Waals surface area (Å²) in [5.41, 5.74) is 0.658. The van der Waals surface area contributed by atoms with Gasteiger partial charge in [0.15, 0.2) is 17.3 Å². The van der Waals surface area contributed by atoms with Crippen LogP contribution in [0.2, 0.25) is 0 Å². The van der Waals surface area contributed by atoms with Crippen molar-refractivity contribution in [2.75, 3.05) is 20.8 Å². The van der Waals surface area contributed by atoms with Gasteiger partial charge in [-0.25, -0.2) is 0 Å². The third-order valence-corrected chi connectivity index (χ3v) is 3.86. The Morgan fingerprint density at radius 1 is 1.15 bits per heavy atom. The summed E-state index contributed by atoms with van der Waals surface area (Å²) in [6.07, 6.45) is 6.21. The molecule has 2 rings (SSSR count). The number of nitrogens with one attached hydrogen (secondary N) is 1. The van der Waals surface area contributed by atoms with Crippen LogP contribution in [0, 0.1) is 0 Å². The summed E-state index contributed by atoms with van der Waals surface area (Å²) in [4.78, 5) is 12.2. The number of benzene rings is 1. The standard InChI is InChI=1S/C16H23NO3/c1-19-15-9-8-12(10-16(15)20-2)14(18)11-17-13-6-4-3-5-7-13/h8-10,13,17H,3-7,11H2,1-2H3. The first-order chi connectivity index (χ1) is 9.74. The molecule has 1 aromatic carbocycles. The minimum absolute atomic E-state index is 0.0940. The summed E-state index contributed by atoms with van der Waals surface area (Å²) in [6.45, 7) is 0.389. The number of carbonyl (C=O) groups excluding carboxylic acids is 1. The van der Waals surface area contributed by atoms with Crippen molar-refractivity contribution in [1.29, 1.82) is 0 Å². The molecule has 0 amide bonds. The van der Waals surface area contributed by atoms with Gasteiger partial charge >= 0.3 is 0 Å². The first kappa shape index (κ1) is 14.9. The molecule has 20 heavy (non-hydrogen) atoms. The zero-order valence-corrected chi connectivity index (χ0v) is 12.3. The average molecular weight is 277 g/mol. The predicted octanol–water partition coefficient (Wildman–Crippen LogP) is 2.81. The fourth-order valence-corrected chi connectivity index (χ4v) is 2.66. The molecule has 1 aliphatic carbocycles. The smallest absolute Gasteiger partial charge is 0.176 e. The van der Waals surface area contributed by atoms with Gasteiger partial charge in [0.05, 0.1) is 20.8 Å². The number of Topliss-reactive ketones (excluding diaryl/α,β-unsaturated/α-hetero) is 1. The third-order valence-electron chi connectivity index (χ3n) is 3.86. The maximum absolute atomic E-state index is 12.2. The zero-order chi connectivity index (χ0) is 14.4. The Bertz CT molecular complexity index is 453. The van der Waals surface area contributed by atoms with Crippen LogP contribution in [0.3, 0.4) is 0 Å². The van der Waals surface area contributed by atoms with E-state index in [0.29, 0.717) is 29.6 Å². The maximum atomic E-state index is 12.2. The molecule has 1 aliphatic rings. The molecule has 0 unspecified atom stereocenters. The zero-order valence-electron chi connectivity index (χ0n) is 12.3. The first-order valence-corrected chi connectivity index (χ1v) is 7.23. The minimum Gasteiger partial charge on any atom is -0.493 e. The highest BCUT2D eigenvalue weighted by molar-refractivity contribution is 5.98. The summed E-state index contributed by atoms with van der Waals surface area (Å²) >= 11 is 0. The summed E-state index contributed by atoms with van der Waals surface area (Å²) in [5, 5.41) is 3.36. The number of ether oxygens (including phenoxy) is 2. The van der Waals surface area contributed by atoms with E-state index in [1.165, 1.54) is 32.1 Å². The molecule has 0 radical (unpaired) electrons. The highest BCUT2D eigenvalue weighted by Crippen LogP contribution is 2.27. The molecule has 0 aliphatic heterocycles. The Morgan fingerprint density at radius 3 is 2.50 bits per heavy atom. The minimum atomic E-state index is 0.0940. The molecular weight excluding hydrogens is 254 g/mol. The van der Waals surface area contributed by atoms with Crippen molar-refractivity contribution in [2.24, 2.45) is 0 Å². The Balaban J connectivity index is 1.94. The van der Waals surface area contributed by atoms with Crippen LogP contribution in [-0.4, -0.2) is 32.6 Å². The lowest BCUT2D eigenvalue weighted by atomic mass is 9.95. The highest BCUT2D eigenvalue weighted by Gasteiger charge is 2.15. The predicted molar refractivity (Wildman–Crippen MR) is 78.8 cm³/mol. The van der Waals surface area contributed by atoms with E-state index in [0.717, 1.165) is 0 Å². The molecule has 4 nitrogen and oxygen atoms in total. The molecule has 0 aromatic heterocycles. The summed E-state index contributed by atoms with van der Waals surface area (Å²) in [7, 11) is 3.16. The molecular formula is C16H23NO3. The second-order valence-electron chi connectivity index (χ2n) is 5.21. The lowest BCUT2D eigenvalue weighted by Gasteiger charge is -2.22. The van der Waals surface area contributed by atoms with E-state index >= 15 is 0 Å². The normalized spacial score (nSPS) is 15.9. The maximum Gasteiger partial charge on any atom is 0.176 e. The molecule has 1 saturated carbocycles. The molecule has 0 bridgehead atoms. The second kappa shape index (κ2) is 7.29. The van der Waals surface area contributed by atoms with Crippen LogP contribution in [-0.2, 0) is 0 Å². The van der Waals surface area contributed by atoms with Gasteiger partial charge in [0.25, 0.3) is 0 Å². The van der Waals surface area contributed by atoms with Crippen molar-refractivity contribution in [1.82, 2.24) is 5.32 Å². The molecule has 0 heterocycles. The van der Waals surface area contributed by atoms with Crippen LogP contribution >= 0.6 is 0 Å². The lowest BCUT2D eigenvalue weighted by Crippen LogP contribution is -2.35. The Kier molecular flexibility index (Phi) is 5.41. The van der Waals surface area contributed by atoms with Crippen LogP contribution in [0.4, 0.5) is 0 Å². The van der Waals surface area contributed by atoms with Gasteiger partial charge in [-0.3, -0.25) is 4.79 Å². The highest BCUT2D eigenvalue weighted by atomic mass is 16.5. The van der Waals surface area contributed by atoms with E-state index in [2.05, 4.69) is 5.32 Å². The SMILES string of the molecule is COc1ccc(C(=O)CNC2CCCCC2)cc1OC. The fourth-order valence-electron chi connectivity index (χ4n) is 2.66. The Labute approximate surface area is 120 Å². The van der Waals surface area contributed by atoms with E-state index in [1.807, 2.05) is 0 Å². The van der Waals surface area contributed by atoms with Crippen LogP contribution in [0.5, 0.6) is 11.5 Å². The second-order valence-corrected chi connectivity index (χ2v) is 5.21. The van der Waals surface area contributed by atoms with Crippen LogP contribution in [0.15, 0.2) is 18.2 Å². The van der Waals surface area contributed by atoms with Crippen LogP contribution < -0.4 is 14.8 Å². The molecule has 1 aromatic rings. The Hall–Kier alpha value is -1.55. The van der Waals surface area contributed by atoms with E-state index in [-0.39, 0.29) is 5.78 Å². The van der Waals surface area contributed by atoms with Crippen molar-refractivity contribution >= 4 is 5.78 Å². The number of methoxy groups -OCH3 is 2. The van der Waals surface area contributed by atoms with Gasteiger partial charge < -0.3 is 14.8 Å². The molecule has 1 fully saturated rings. The van der Waals surface area contributed by atoms with E-state index in [1.54, 1.807) is 32.4 Å². The van der Waals surface area contributed by atoms with Gasteiger partial charge in [0.1, 0.15) is 0 Å². The van der Waals surface area contributed by atoms with E-state index in [4.69, 9.17) is 9.47 Å². The van der Waals surface area contributed by atoms with Crippen molar-refractivity contribution in [3.8, 4) is 11.5 Å². The van der Waals surface area contributed by atoms with Gasteiger partial charge in [0.2, 0.25) is 0 Å².